The molecule has 4 aromatic rings. The van der Waals surface area contributed by atoms with Crippen LogP contribution < -0.4 is 10.6 Å². The molecular weight excluding hydrogens is 398 g/mol. The minimum atomic E-state index is -0.677. The van der Waals surface area contributed by atoms with E-state index in [0.29, 0.717) is 5.69 Å². The fourth-order valence-corrected chi connectivity index (χ4v) is 4.02. The van der Waals surface area contributed by atoms with Gasteiger partial charge in [0, 0.05) is 42.6 Å². The molecule has 31 heavy (non-hydrogen) atoms. The molecule has 5 rings (SSSR count). The number of fused-ring (bicyclic) bond motifs is 1. The maximum Gasteiger partial charge on any atom is 0.178 e. The van der Waals surface area contributed by atoms with Crippen LogP contribution in [0.1, 0.15) is 12.8 Å². The fourth-order valence-electron chi connectivity index (χ4n) is 4.02. The van der Waals surface area contributed by atoms with E-state index in [1.165, 1.54) is 30.5 Å². The van der Waals surface area contributed by atoms with Gasteiger partial charge in [-0.15, -0.1) is 0 Å². The number of aromatic nitrogens is 4. The molecule has 0 aliphatic carbocycles. The molecule has 0 amide bonds. The maximum absolute atomic E-state index is 14.2. The van der Waals surface area contributed by atoms with E-state index in [1.54, 1.807) is 12.4 Å². The molecule has 156 valence electrons. The van der Waals surface area contributed by atoms with Crippen molar-refractivity contribution in [3.8, 4) is 22.8 Å². The third kappa shape index (κ3) is 3.70. The monoisotopic (exact) mass is 418 g/mol. The van der Waals surface area contributed by atoms with Crippen molar-refractivity contribution in [2.45, 2.75) is 18.9 Å². The molecule has 4 heterocycles. The van der Waals surface area contributed by atoms with Crippen molar-refractivity contribution in [3.05, 3.63) is 66.6 Å². The molecule has 0 bridgehead atoms. The maximum atomic E-state index is 14.2. The molecule has 0 unspecified atom stereocenters. The summed E-state index contributed by atoms with van der Waals surface area (Å²) in [5.41, 5.74) is 8.43. The van der Waals surface area contributed by atoms with Gasteiger partial charge in [-0.1, -0.05) is 6.07 Å². The second kappa shape index (κ2) is 7.96. The van der Waals surface area contributed by atoms with E-state index in [1.807, 2.05) is 12.1 Å². The van der Waals surface area contributed by atoms with Crippen LogP contribution in [0.15, 0.2) is 55.0 Å². The Kier molecular flexibility index (Phi) is 4.99. The van der Waals surface area contributed by atoms with Crippen LogP contribution in [0.25, 0.3) is 33.7 Å². The van der Waals surface area contributed by atoms with Crippen molar-refractivity contribution in [2.75, 3.05) is 18.0 Å². The highest BCUT2D eigenvalue weighted by atomic mass is 19.1. The van der Waals surface area contributed by atoms with Gasteiger partial charge in [-0.25, -0.2) is 18.7 Å². The smallest absolute Gasteiger partial charge is 0.178 e. The summed E-state index contributed by atoms with van der Waals surface area (Å²) in [5.74, 6) is -1.07. The van der Waals surface area contributed by atoms with Gasteiger partial charge in [0.25, 0.3) is 0 Å². The van der Waals surface area contributed by atoms with E-state index in [2.05, 4.69) is 24.8 Å². The highest BCUT2D eigenvalue weighted by Crippen LogP contribution is 2.30. The molecule has 8 heteroatoms. The van der Waals surface area contributed by atoms with E-state index in [4.69, 9.17) is 5.73 Å². The first-order chi connectivity index (χ1) is 15.1. The lowest BCUT2D eigenvalue weighted by Gasteiger charge is -2.33. The quantitative estimate of drug-likeness (QED) is 0.542. The molecule has 1 atom stereocenters. The number of halogens is 2. The first kappa shape index (κ1) is 19.4. The standard InChI is InChI=1S/C23H20F2N6/c24-16-4-1-5-17(25)22(16)18-6-8-28-23(30-18)19-11-15-20(12-29-19)27-9-7-21(15)31-10-2-3-14(26)13-31/h1,4-9,11-12,14H,2-3,10,13,26H2/t14-/m0/s1. The van der Waals surface area contributed by atoms with Crippen molar-refractivity contribution in [3.63, 3.8) is 0 Å². The molecule has 0 radical (unpaired) electrons. The van der Waals surface area contributed by atoms with Crippen LogP contribution in [0.5, 0.6) is 0 Å². The van der Waals surface area contributed by atoms with Crippen LogP contribution in [-0.4, -0.2) is 39.1 Å². The molecule has 2 N–H and O–H groups in total. The van der Waals surface area contributed by atoms with Gasteiger partial charge in [0.05, 0.1) is 23.0 Å². The summed E-state index contributed by atoms with van der Waals surface area (Å²) in [6, 6.07) is 9.18. The summed E-state index contributed by atoms with van der Waals surface area (Å²) >= 11 is 0. The molecule has 0 saturated carbocycles. The Morgan fingerprint density at radius 1 is 0.968 bits per heavy atom. The van der Waals surface area contributed by atoms with Crippen LogP contribution >= 0.6 is 0 Å². The molecule has 1 saturated heterocycles. The largest absolute Gasteiger partial charge is 0.369 e. The van der Waals surface area contributed by atoms with Gasteiger partial charge in [0.1, 0.15) is 17.3 Å². The SMILES string of the molecule is N[C@H]1CCCN(c2ccnc3cnc(-c4nccc(-c5c(F)cccc5F)n4)cc23)C1. The number of hydrogen-bond acceptors (Lipinski definition) is 6. The van der Waals surface area contributed by atoms with Gasteiger partial charge in [0.2, 0.25) is 0 Å². The molecule has 1 fully saturated rings. The van der Waals surface area contributed by atoms with Crippen LogP contribution in [0.3, 0.4) is 0 Å². The molecule has 0 spiro atoms. The van der Waals surface area contributed by atoms with Gasteiger partial charge in [-0.3, -0.25) is 9.97 Å². The average molecular weight is 418 g/mol. The number of pyridine rings is 2. The van der Waals surface area contributed by atoms with E-state index in [0.717, 1.165) is 42.5 Å². The predicted octanol–water partition coefficient (Wildman–Crippen LogP) is 3.96. The zero-order chi connectivity index (χ0) is 21.4. The Hall–Kier alpha value is -3.52. The zero-order valence-electron chi connectivity index (χ0n) is 16.7. The van der Waals surface area contributed by atoms with Crippen molar-refractivity contribution >= 4 is 16.6 Å². The normalized spacial score (nSPS) is 16.6. The minimum Gasteiger partial charge on any atom is -0.369 e. The van der Waals surface area contributed by atoms with Crippen LogP contribution in [0.2, 0.25) is 0 Å². The number of anilines is 1. The van der Waals surface area contributed by atoms with Gasteiger partial charge in [-0.2, -0.15) is 0 Å². The summed E-state index contributed by atoms with van der Waals surface area (Å²) in [6.45, 7) is 1.69. The van der Waals surface area contributed by atoms with Crippen LogP contribution in [0, 0.1) is 11.6 Å². The Labute approximate surface area is 177 Å². The first-order valence-electron chi connectivity index (χ1n) is 10.1. The Bertz CT molecular complexity index is 1240. The van der Waals surface area contributed by atoms with Gasteiger partial charge in [-0.05, 0) is 43.2 Å². The van der Waals surface area contributed by atoms with E-state index in [-0.39, 0.29) is 23.1 Å². The second-order valence-electron chi connectivity index (χ2n) is 7.63. The number of hydrogen-bond donors (Lipinski definition) is 1. The molecule has 6 nitrogen and oxygen atoms in total. The predicted molar refractivity (Wildman–Crippen MR) is 115 cm³/mol. The third-order valence-electron chi connectivity index (χ3n) is 5.51. The molecule has 1 aliphatic heterocycles. The van der Waals surface area contributed by atoms with Crippen LogP contribution in [-0.2, 0) is 0 Å². The van der Waals surface area contributed by atoms with Crippen molar-refractivity contribution in [1.29, 1.82) is 0 Å². The lowest BCUT2D eigenvalue weighted by molar-refractivity contribution is 0.507. The summed E-state index contributed by atoms with van der Waals surface area (Å²) in [7, 11) is 0. The summed E-state index contributed by atoms with van der Waals surface area (Å²) in [4.78, 5) is 19.8. The number of piperidine rings is 1. The minimum absolute atomic E-state index is 0.133. The molecule has 1 aromatic carbocycles. The lowest BCUT2D eigenvalue weighted by atomic mass is 10.0. The zero-order valence-corrected chi connectivity index (χ0v) is 16.7. The number of nitrogens with two attached hydrogens (primary N) is 1. The Morgan fingerprint density at radius 2 is 1.77 bits per heavy atom. The average Bonchev–Trinajstić information content (AvgIpc) is 2.78. The highest BCUT2D eigenvalue weighted by Gasteiger charge is 2.20. The van der Waals surface area contributed by atoms with Gasteiger partial charge in [0.15, 0.2) is 5.82 Å². The first-order valence-corrected chi connectivity index (χ1v) is 10.1. The number of rotatable bonds is 3. The summed E-state index contributed by atoms with van der Waals surface area (Å²) in [5, 5.41) is 0.910. The Morgan fingerprint density at radius 3 is 2.58 bits per heavy atom. The third-order valence-corrected chi connectivity index (χ3v) is 5.51. The summed E-state index contributed by atoms with van der Waals surface area (Å²) < 4.78 is 28.5. The van der Waals surface area contributed by atoms with E-state index in [9.17, 15) is 8.78 Å². The summed E-state index contributed by atoms with van der Waals surface area (Å²) in [6.07, 6.45) is 6.94. The molecular formula is C23H20F2N6. The van der Waals surface area contributed by atoms with Crippen molar-refractivity contribution in [2.24, 2.45) is 5.73 Å². The fraction of sp³-hybridized carbons (Fsp3) is 0.217. The van der Waals surface area contributed by atoms with Gasteiger partial charge < -0.3 is 10.6 Å². The van der Waals surface area contributed by atoms with E-state index >= 15 is 0 Å². The van der Waals surface area contributed by atoms with Crippen LogP contribution in [0.4, 0.5) is 14.5 Å². The lowest BCUT2D eigenvalue weighted by Crippen LogP contribution is -2.42. The highest BCUT2D eigenvalue weighted by molar-refractivity contribution is 5.93. The number of benzene rings is 1. The molecule has 3 aromatic heterocycles. The number of nitrogens with zero attached hydrogens (tertiary/aromatic N) is 5. The Balaban J connectivity index is 1.59. The van der Waals surface area contributed by atoms with Crippen molar-refractivity contribution < 1.29 is 8.78 Å². The van der Waals surface area contributed by atoms with Crippen molar-refractivity contribution in [1.82, 2.24) is 19.9 Å². The topological polar surface area (TPSA) is 80.8 Å². The molecule has 1 aliphatic rings. The van der Waals surface area contributed by atoms with Gasteiger partial charge >= 0.3 is 0 Å². The van der Waals surface area contributed by atoms with E-state index < -0.39 is 11.6 Å². The second-order valence-corrected chi connectivity index (χ2v) is 7.63.